The van der Waals surface area contributed by atoms with Crippen molar-refractivity contribution in [3.8, 4) is 0 Å². The van der Waals surface area contributed by atoms with Crippen LogP contribution in [0.5, 0.6) is 0 Å². The van der Waals surface area contributed by atoms with E-state index in [0.29, 0.717) is 23.3 Å². The molecule has 27 heavy (non-hydrogen) atoms. The first kappa shape index (κ1) is 18.0. The Balaban J connectivity index is 1.78. The van der Waals surface area contributed by atoms with E-state index in [0.717, 1.165) is 5.69 Å². The van der Waals surface area contributed by atoms with Crippen molar-refractivity contribution in [2.75, 3.05) is 13.7 Å². The zero-order valence-corrected chi connectivity index (χ0v) is 16.3. The third kappa shape index (κ3) is 2.91. The summed E-state index contributed by atoms with van der Waals surface area (Å²) in [6.07, 6.45) is 1.54. The second kappa shape index (κ2) is 6.36. The van der Waals surface area contributed by atoms with Crippen molar-refractivity contribution in [3.63, 3.8) is 0 Å². The van der Waals surface area contributed by atoms with E-state index in [1.54, 1.807) is 31.8 Å². The molecule has 1 aliphatic rings. The summed E-state index contributed by atoms with van der Waals surface area (Å²) in [7, 11) is -0.512. The average Bonchev–Trinajstić information content (AvgIpc) is 3.33. The summed E-state index contributed by atoms with van der Waals surface area (Å²) in [6, 6.07) is 1.03. The first-order chi connectivity index (χ1) is 12.8. The molecule has 0 bridgehead atoms. The second-order valence-corrected chi connectivity index (χ2v) is 8.51. The van der Waals surface area contributed by atoms with E-state index in [4.69, 9.17) is 9.26 Å². The molecular formula is C16H20N6O4S. The van der Waals surface area contributed by atoms with Crippen LogP contribution in [-0.2, 0) is 21.8 Å². The van der Waals surface area contributed by atoms with Gasteiger partial charge in [0.1, 0.15) is 10.9 Å². The van der Waals surface area contributed by atoms with Gasteiger partial charge in [-0.05, 0) is 19.9 Å². The molecule has 0 aliphatic carbocycles. The Hall–Kier alpha value is -2.37. The molecule has 2 atom stereocenters. The molecule has 3 aromatic heterocycles. The van der Waals surface area contributed by atoms with Gasteiger partial charge >= 0.3 is 0 Å². The first-order valence-electron chi connectivity index (χ1n) is 8.45. The Morgan fingerprint density at radius 1 is 1.33 bits per heavy atom. The number of methoxy groups -OCH3 is 1. The van der Waals surface area contributed by atoms with Crippen molar-refractivity contribution < 1.29 is 17.7 Å². The molecule has 0 spiro atoms. The molecule has 0 aromatic carbocycles. The number of rotatable bonds is 4. The molecule has 144 valence electrons. The normalized spacial score (nSPS) is 21.3. The highest BCUT2D eigenvalue weighted by Gasteiger charge is 2.44. The fourth-order valence-electron chi connectivity index (χ4n) is 3.44. The third-order valence-electron chi connectivity index (χ3n) is 4.82. The van der Waals surface area contributed by atoms with Crippen LogP contribution in [0.25, 0.3) is 11.0 Å². The van der Waals surface area contributed by atoms with Crippen LogP contribution in [0.15, 0.2) is 21.7 Å². The molecular weight excluding hydrogens is 372 g/mol. The maximum atomic E-state index is 13.4. The highest BCUT2D eigenvalue weighted by Crippen LogP contribution is 2.37. The van der Waals surface area contributed by atoms with E-state index >= 15 is 0 Å². The van der Waals surface area contributed by atoms with Crippen molar-refractivity contribution in [1.82, 2.24) is 29.2 Å². The van der Waals surface area contributed by atoms with Crippen LogP contribution in [0.3, 0.4) is 0 Å². The molecule has 4 rings (SSSR count). The van der Waals surface area contributed by atoms with Crippen molar-refractivity contribution in [1.29, 1.82) is 0 Å². The molecule has 1 aliphatic heterocycles. The lowest BCUT2D eigenvalue weighted by molar-refractivity contribution is 0.114. The maximum absolute atomic E-state index is 13.4. The van der Waals surface area contributed by atoms with Crippen LogP contribution >= 0.6 is 0 Å². The van der Waals surface area contributed by atoms with Crippen LogP contribution in [0, 0.1) is 13.8 Å². The smallest absolute Gasteiger partial charge is 0.245 e. The summed E-state index contributed by atoms with van der Waals surface area (Å²) in [4.78, 5) is 8.61. The maximum Gasteiger partial charge on any atom is 0.245 e. The Bertz CT molecular complexity index is 1110. The van der Waals surface area contributed by atoms with Crippen molar-refractivity contribution >= 4 is 21.1 Å². The van der Waals surface area contributed by atoms with Crippen LogP contribution in [0.2, 0.25) is 0 Å². The number of sulfonamides is 1. The molecule has 1 saturated heterocycles. The number of hydrogen-bond donors (Lipinski definition) is 0. The zero-order valence-electron chi connectivity index (χ0n) is 15.4. The van der Waals surface area contributed by atoms with E-state index in [2.05, 4.69) is 20.2 Å². The molecule has 0 radical (unpaired) electrons. The zero-order chi connectivity index (χ0) is 19.3. The number of nitrogens with zero attached hydrogens (tertiary/aromatic N) is 6. The van der Waals surface area contributed by atoms with Crippen LogP contribution < -0.4 is 0 Å². The SMILES string of the molecule is CO[C@H]1C[C@H](c2nc(C)no2)N(S(=O)(=O)c2cnc3c(c2)c(C)nn3C)C1. The third-order valence-corrected chi connectivity index (χ3v) is 6.66. The van der Waals surface area contributed by atoms with E-state index < -0.39 is 16.1 Å². The molecule has 1 fully saturated rings. The molecule has 4 heterocycles. The van der Waals surface area contributed by atoms with Crippen molar-refractivity contribution in [2.45, 2.75) is 37.3 Å². The summed E-state index contributed by atoms with van der Waals surface area (Å²) in [6.45, 7) is 3.72. The van der Waals surface area contributed by atoms with Gasteiger partial charge in [0.2, 0.25) is 15.9 Å². The van der Waals surface area contributed by atoms with Gasteiger partial charge in [-0.1, -0.05) is 5.16 Å². The minimum atomic E-state index is -3.84. The van der Waals surface area contributed by atoms with E-state index in [9.17, 15) is 8.42 Å². The fraction of sp³-hybridized carbons (Fsp3) is 0.500. The van der Waals surface area contributed by atoms with Gasteiger partial charge in [-0.15, -0.1) is 0 Å². The minimum Gasteiger partial charge on any atom is -0.380 e. The average molecular weight is 392 g/mol. The lowest BCUT2D eigenvalue weighted by Crippen LogP contribution is -2.32. The molecule has 11 heteroatoms. The van der Waals surface area contributed by atoms with Gasteiger partial charge in [-0.25, -0.2) is 13.4 Å². The van der Waals surface area contributed by atoms with Crippen LogP contribution in [0.4, 0.5) is 0 Å². The minimum absolute atomic E-state index is 0.101. The van der Waals surface area contributed by atoms with Crippen LogP contribution in [0.1, 0.15) is 29.9 Å². The molecule has 0 saturated carbocycles. The predicted octanol–water partition coefficient (Wildman–Crippen LogP) is 1.12. The lowest BCUT2D eigenvalue weighted by atomic mass is 10.2. The monoisotopic (exact) mass is 392 g/mol. The topological polar surface area (TPSA) is 116 Å². The number of aromatic nitrogens is 5. The van der Waals surface area contributed by atoms with Gasteiger partial charge in [0.25, 0.3) is 0 Å². The Morgan fingerprint density at radius 3 is 2.78 bits per heavy atom. The molecule has 0 amide bonds. The first-order valence-corrected chi connectivity index (χ1v) is 9.89. The number of pyridine rings is 1. The number of fused-ring (bicyclic) bond motifs is 1. The van der Waals surface area contributed by atoms with Crippen molar-refractivity contribution in [3.05, 3.63) is 29.7 Å². The van der Waals surface area contributed by atoms with Crippen molar-refractivity contribution in [2.24, 2.45) is 7.05 Å². The van der Waals surface area contributed by atoms with Gasteiger partial charge in [0.05, 0.1) is 11.8 Å². The van der Waals surface area contributed by atoms with E-state index in [1.807, 2.05) is 6.92 Å². The molecule has 0 unspecified atom stereocenters. The standard InChI is InChI=1S/C16H20N6O4S/c1-9-13-6-12(7-17-15(13)21(3)19-9)27(23,24)22-8-11(25-4)5-14(22)16-18-10(2)20-26-16/h6-7,11,14H,5,8H2,1-4H3/t11-,14+/m0/s1. The Morgan fingerprint density at radius 2 is 2.11 bits per heavy atom. The Labute approximate surface area is 156 Å². The Kier molecular flexibility index (Phi) is 4.24. The number of ether oxygens (including phenoxy) is 1. The van der Waals surface area contributed by atoms with E-state index in [-0.39, 0.29) is 23.4 Å². The summed E-state index contributed by atoms with van der Waals surface area (Å²) >= 11 is 0. The van der Waals surface area contributed by atoms with E-state index in [1.165, 1.54) is 10.5 Å². The summed E-state index contributed by atoms with van der Waals surface area (Å²) in [5.41, 5.74) is 1.35. The quantitative estimate of drug-likeness (QED) is 0.648. The molecule has 0 N–H and O–H groups in total. The number of hydrogen-bond acceptors (Lipinski definition) is 8. The predicted molar refractivity (Wildman–Crippen MR) is 94.3 cm³/mol. The summed E-state index contributed by atoms with van der Waals surface area (Å²) < 4.78 is 40.3. The van der Waals surface area contributed by atoms with Crippen LogP contribution in [-0.4, -0.2) is 57.4 Å². The van der Waals surface area contributed by atoms with Gasteiger partial charge in [-0.3, -0.25) is 4.68 Å². The lowest BCUT2D eigenvalue weighted by Gasteiger charge is -2.21. The summed E-state index contributed by atoms with van der Waals surface area (Å²) in [5.74, 6) is 0.722. The van der Waals surface area contributed by atoms with Gasteiger partial charge in [-0.2, -0.15) is 14.4 Å². The van der Waals surface area contributed by atoms with Gasteiger partial charge < -0.3 is 9.26 Å². The highest BCUT2D eigenvalue weighted by atomic mass is 32.2. The highest BCUT2D eigenvalue weighted by molar-refractivity contribution is 7.89. The molecule has 10 nitrogen and oxygen atoms in total. The van der Waals surface area contributed by atoms with Gasteiger partial charge in [0.15, 0.2) is 11.5 Å². The van der Waals surface area contributed by atoms with Gasteiger partial charge in [0, 0.05) is 38.7 Å². The summed E-state index contributed by atoms with van der Waals surface area (Å²) in [5, 5.41) is 8.78. The fourth-order valence-corrected chi connectivity index (χ4v) is 5.04. The second-order valence-electron chi connectivity index (χ2n) is 6.61. The molecule has 3 aromatic rings. The number of aryl methyl sites for hydroxylation is 3. The largest absolute Gasteiger partial charge is 0.380 e.